The number of likely N-dealkylation sites (N-methyl/N-ethyl adjacent to an activating group) is 1. The third-order valence-corrected chi connectivity index (χ3v) is 3.51. The molecule has 1 aromatic heterocycles. The number of aromatic nitrogens is 1. The molecule has 0 unspecified atom stereocenters. The van der Waals surface area contributed by atoms with Crippen LogP contribution in [0.1, 0.15) is 19.5 Å². The molecule has 108 valence electrons. The van der Waals surface area contributed by atoms with Crippen LogP contribution < -0.4 is 10.5 Å². The van der Waals surface area contributed by atoms with Crippen LogP contribution in [0, 0.1) is 0 Å². The van der Waals surface area contributed by atoms with Crippen LogP contribution in [-0.2, 0) is 6.54 Å². The first-order valence-corrected chi connectivity index (χ1v) is 7.22. The molecule has 1 heterocycles. The summed E-state index contributed by atoms with van der Waals surface area (Å²) < 4.78 is 5.89. The number of hydrogen-bond acceptors (Lipinski definition) is 4. The highest BCUT2D eigenvalue weighted by atomic mass is 16.5. The number of rotatable bonds is 7. The van der Waals surface area contributed by atoms with Crippen molar-refractivity contribution in [2.75, 3.05) is 26.2 Å². The van der Waals surface area contributed by atoms with Gasteiger partial charge in [0.15, 0.2) is 0 Å². The number of nitrogens with zero attached hydrogens (tertiary/aromatic N) is 2. The van der Waals surface area contributed by atoms with Crippen LogP contribution in [0.3, 0.4) is 0 Å². The van der Waals surface area contributed by atoms with Gasteiger partial charge < -0.3 is 15.4 Å². The predicted molar refractivity (Wildman–Crippen MR) is 82.9 cm³/mol. The van der Waals surface area contributed by atoms with Crippen molar-refractivity contribution >= 4 is 10.8 Å². The van der Waals surface area contributed by atoms with Gasteiger partial charge in [-0.2, -0.15) is 0 Å². The van der Waals surface area contributed by atoms with Gasteiger partial charge in [-0.3, -0.25) is 0 Å². The molecular formula is C16H23N3O. The Morgan fingerprint density at radius 2 is 1.95 bits per heavy atom. The molecule has 4 heteroatoms. The van der Waals surface area contributed by atoms with Gasteiger partial charge in [-0.15, -0.1) is 0 Å². The summed E-state index contributed by atoms with van der Waals surface area (Å²) in [6.45, 7) is 8.38. The molecular weight excluding hydrogens is 250 g/mol. The van der Waals surface area contributed by atoms with Crippen molar-refractivity contribution < 1.29 is 4.74 Å². The SMILES string of the molecule is CCN(CC)CCOc1nc(CN)cc2ccccc12. The fraction of sp³-hybridized carbons (Fsp3) is 0.438. The molecule has 0 fully saturated rings. The smallest absolute Gasteiger partial charge is 0.221 e. The summed E-state index contributed by atoms with van der Waals surface area (Å²) in [4.78, 5) is 6.83. The third-order valence-electron chi connectivity index (χ3n) is 3.51. The van der Waals surface area contributed by atoms with Gasteiger partial charge in [0.2, 0.25) is 5.88 Å². The van der Waals surface area contributed by atoms with Crippen LogP contribution in [0.15, 0.2) is 30.3 Å². The molecule has 20 heavy (non-hydrogen) atoms. The molecule has 0 radical (unpaired) electrons. The highest BCUT2D eigenvalue weighted by molar-refractivity contribution is 5.87. The Balaban J connectivity index is 2.15. The molecule has 0 aliphatic heterocycles. The minimum absolute atomic E-state index is 0.428. The summed E-state index contributed by atoms with van der Waals surface area (Å²) in [5, 5.41) is 2.17. The van der Waals surface area contributed by atoms with E-state index in [2.05, 4.69) is 29.8 Å². The van der Waals surface area contributed by atoms with Crippen LogP contribution >= 0.6 is 0 Å². The van der Waals surface area contributed by atoms with E-state index < -0.39 is 0 Å². The summed E-state index contributed by atoms with van der Waals surface area (Å²) >= 11 is 0. The Hall–Kier alpha value is -1.65. The lowest BCUT2D eigenvalue weighted by Gasteiger charge is -2.18. The van der Waals surface area contributed by atoms with Crippen molar-refractivity contribution in [3.8, 4) is 5.88 Å². The predicted octanol–water partition coefficient (Wildman–Crippen LogP) is 2.41. The maximum absolute atomic E-state index is 5.89. The van der Waals surface area contributed by atoms with Crippen molar-refractivity contribution in [2.24, 2.45) is 5.73 Å². The van der Waals surface area contributed by atoms with Crippen molar-refractivity contribution in [1.82, 2.24) is 9.88 Å². The second kappa shape index (κ2) is 7.22. The summed E-state index contributed by atoms with van der Waals surface area (Å²) in [7, 11) is 0. The van der Waals surface area contributed by atoms with Crippen molar-refractivity contribution in [2.45, 2.75) is 20.4 Å². The topological polar surface area (TPSA) is 51.4 Å². The number of nitrogens with two attached hydrogens (primary N) is 1. The van der Waals surface area contributed by atoms with Crippen LogP contribution in [0.4, 0.5) is 0 Å². The normalized spacial score (nSPS) is 11.2. The maximum Gasteiger partial charge on any atom is 0.221 e. The number of benzene rings is 1. The van der Waals surface area contributed by atoms with E-state index in [1.54, 1.807) is 0 Å². The highest BCUT2D eigenvalue weighted by Gasteiger charge is 2.07. The Bertz CT molecular complexity index is 552. The van der Waals surface area contributed by atoms with E-state index >= 15 is 0 Å². The zero-order chi connectivity index (χ0) is 14.4. The molecule has 2 N–H and O–H groups in total. The molecule has 0 aliphatic carbocycles. The van der Waals surface area contributed by atoms with E-state index in [0.717, 1.165) is 36.1 Å². The van der Waals surface area contributed by atoms with Gasteiger partial charge in [0.25, 0.3) is 0 Å². The zero-order valence-corrected chi connectivity index (χ0v) is 12.3. The average Bonchev–Trinajstić information content (AvgIpc) is 2.51. The Morgan fingerprint density at radius 1 is 1.20 bits per heavy atom. The molecule has 1 aromatic carbocycles. The molecule has 0 bridgehead atoms. The third kappa shape index (κ3) is 3.46. The lowest BCUT2D eigenvalue weighted by molar-refractivity contribution is 0.219. The Morgan fingerprint density at radius 3 is 2.65 bits per heavy atom. The van der Waals surface area contributed by atoms with Crippen molar-refractivity contribution in [3.05, 3.63) is 36.0 Å². The van der Waals surface area contributed by atoms with Crippen molar-refractivity contribution in [3.63, 3.8) is 0 Å². The van der Waals surface area contributed by atoms with E-state index in [1.165, 1.54) is 0 Å². The van der Waals surface area contributed by atoms with E-state index in [-0.39, 0.29) is 0 Å². The molecule has 0 amide bonds. The summed E-state index contributed by atoms with van der Waals surface area (Å²) in [6, 6.07) is 10.1. The van der Waals surface area contributed by atoms with E-state index in [4.69, 9.17) is 10.5 Å². The summed E-state index contributed by atoms with van der Waals surface area (Å²) in [5.74, 6) is 0.690. The molecule has 4 nitrogen and oxygen atoms in total. The van der Waals surface area contributed by atoms with Gasteiger partial charge in [-0.05, 0) is 30.6 Å². The van der Waals surface area contributed by atoms with E-state index in [1.807, 2.05) is 24.3 Å². The molecule has 2 rings (SSSR count). The van der Waals surface area contributed by atoms with E-state index in [0.29, 0.717) is 19.0 Å². The highest BCUT2D eigenvalue weighted by Crippen LogP contribution is 2.24. The molecule has 0 saturated heterocycles. The monoisotopic (exact) mass is 273 g/mol. The minimum Gasteiger partial charge on any atom is -0.476 e. The molecule has 2 aromatic rings. The fourth-order valence-corrected chi connectivity index (χ4v) is 2.25. The summed E-state index contributed by atoms with van der Waals surface area (Å²) in [5.41, 5.74) is 6.57. The number of hydrogen-bond donors (Lipinski definition) is 1. The minimum atomic E-state index is 0.428. The van der Waals surface area contributed by atoms with Gasteiger partial charge in [0.1, 0.15) is 6.61 Å². The lowest BCUT2D eigenvalue weighted by Crippen LogP contribution is -2.28. The molecule has 0 saturated carbocycles. The van der Waals surface area contributed by atoms with E-state index in [9.17, 15) is 0 Å². The van der Waals surface area contributed by atoms with Crippen LogP contribution in [-0.4, -0.2) is 36.1 Å². The Kier molecular flexibility index (Phi) is 5.32. The van der Waals surface area contributed by atoms with Crippen LogP contribution in [0.2, 0.25) is 0 Å². The number of ether oxygens (including phenoxy) is 1. The first-order valence-electron chi connectivity index (χ1n) is 7.22. The largest absolute Gasteiger partial charge is 0.476 e. The maximum atomic E-state index is 5.89. The first kappa shape index (κ1) is 14.8. The quantitative estimate of drug-likeness (QED) is 0.841. The number of pyridine rings is 1. The van der Waals surface area contributed by atoms with Crippen LogP contribution in [0.5, 0.6) is 5.88 Å². The summed E-state index contributed by atoms with van der Waals surface area (Å²) in [6.07, 6.45) is 0. The standard InChI is InChI=1S/C16H23N3O/c1-3-19(4-2)9-10-20-16-15-8-6-5-7-13(15)11-14(12-17)18-16/h5-8,11H,3-4,9-10,12,17H2,1-2H3. The molecule has 0 aliphatic rings. The fourth-order valence-electron chi connectivity index (χ4n) is 2.25. The Labute approximate surface area is 120 Å². The second-order valence-corrected chi connectivity index (χ2v) is 4.72. The molecule has 0 atom stereocenters. The number of fused-ring (bicyclic) bond motifs is 1. The zero-order valence-electron chi connectivity index (χ0n) is 12.3. The van der Waals surface area contributed by atoms with Gasteiger partial charge >= 0.3 is 0 Å². The molecule has 0 spiro atoms. The first-order chi connectivity index (χ1) is 9.78. The van der Waals surface area contributed by atoms with Gasteiger partial charge in [0, 0.05) is 18.5 Å². The van der Waals surface area contributed by atoms with Gasteiger partial charge in [-0.25, -0.2) is 4.98 Å². The second-order valence-electron chi connectivity index (χ2n) is 4.72. The van der Waals surface area contributed by atoms with Crippen LogP contribution in [0.25, 0.3) is 10.8 Å². The van der Waals surface area contributed by atoms with Crippen molar-refractivity contribution in [1.29, 1.82) is 0 Å². The lowest BCUT2D eigenvalue weighted by atomic mass is 10.1. The van der Waals surface area contributed by atoms with Gasteiger partial charge in [0.05, 0.1) is 5.69 Å². The average molecular weight is 273 g/mol. The van der Waals surface area contributed by atoms with Gasteiger partial charge in [-0.1, -0.05) is 32.0 Å².